The summed E-state index contributed by atoms with van der Waals surface area (Å²) in [5, 5.41) is 9.12. The Labute approximate surface area is 138 Å². The Bertz CT molecular complexity index is 582. The van der Waals surface area contributed by atoms with E-state index in [9.17, 15) is 9.59 Å². The third-order valence-corrected chi connectivity index (χ3v) is 3.31. The summed E-state index contributed by atoms with van der Waals surface area (Å²) in [4.78, 5) is 26.9. The van der Waals surface area contributed by atoms with Gasteiger partial charge in [-0.3, -0.25) is 9.79 Å². The average Bonchev–Trinajstić information content (AvgIpc) is 2.37. The minimum absolute atomic E-state index is 0.112. The van der Waals surface area contributed by atoms with Crippen LogP contribution in [0.3, 0.4) is 0 Å². The van der Waals surface area contributed by atoms with Crippen LogP contribution in [-0.4, -0.2) is 29.3 Å². The number of hydrogen-bond donors (Lipinski definition) is 1. The Kier molecular flexibility index (Phi) is 6.74. The minimum atomic E-state index is -0.965. The van der Waals surface area contributed by atoms with Crippen molar-refractivity contribution in [2.75, 3.05) is 0 Å². The van der Waals surface area contributed by atoms with Crippen LogP contribution in [0.2, 0.25) is 0 Å². The van der Waals surface area contributed by atoms with E-state index < -0.39 is 12.0 Å². The van der Waals surface area contributed by atoms with Gasteiger partial charge in [0.05, 0.1) is 5.92 Å². The summed E-state index contributed by atoms with van der Waals surface area (Å²) >= 11 is 3.34. The number of aliphatic carboxylic acids is 1. The van der Waals surface area contributed by atoms with Gasteiger partial charge in [0.25, 0.3) is 0 Å². The van der Waals surface area contributed by atoms with Crippen molar-refractivity contribution in [1.29, 1.82) is 0 Å². The smallest absolute Gasteiger partial charge is 0.328 e. The molecule has 0 radical (unpaired) electrons. The molecule has 0 aliphatic rings. The number of halogens is 1. The summed E-state index contributed by atoms with van der Waals surface area (Å²) in [5.74, 6) is -1.24. The number of esters is 1. The summed E-state index contributed by atoms with van der Waals surface area (Å²) < 4.78 is 5.97. The maximum Gasteiger partial charge on any atom is 0.328 e. The van der Waals surface area contributed by atoms with E-state index in [1.807, 2.05) is 0 Å². The topological polar surface area (TPSA) is 76.0 Å². The molecular weight excluding hydrogens is 350 g/mol. The highest BCUT2D eigenvalue weighted by Gasteiger charge is 2.19. The molecule has 0 aromatic heterocycles. The number of benzene rings is 1. The number of ether oxygens (including phenoxy) is 1. The summed E-state index contributed by atoms with van der Waals surface area (Å²) in [6.07, 6.45) is 1.48. The first kappa shape index (κ1) is 18.4. The molecule has 1 N–H and O–H groups in total. The molecule has 0 amide bonds. The van der Waals surface area contributed by atoms with Gasteiger partial charge < -0.3 is 9.84 Å². The molecule has 1 rings (SSSR count). The van der Waals surface area contributed by atoms with Crippen molar-refractivity contribution in [3.63, 3.8) is 0 Å². The highest BCUT2D eigenvalue weighted by Crippen LogP contribution is 2.22. The zero-order valence-corrected chi connectivity index (χ0v) is 14.6. The standard InChI is InChI=1S/C16H20BrNO4/c1-9(2)14(15(19)20)18-8-11-5-12(17)7-13(6-11)22-16(21)10(3)4/h5-10,14H,1-4H3,(H,19,20). The van der Waals surface area contributed by atoms with E-state index in [-0.39, 0.29) is 17.8 Å². The van der Waals surface area contributed by atoms with E-state index in [0.717, 1.165) is 4.47 Å². The summed E-state index contributed by atoms with van der Waals surface area (Å²) in [6, 6.07) is 4.29. The second-order valence-corrected chi connectivity index (χ2v) is 6.52. The fourth-order valence-corrected chi connectivity index (χ4v) is 2.13. The number of rotatable bonds is 6. The molecule has 1 atom stereocenters. The van der Waals surface area contributed by atoms with Crippen molar-refractivity contribution in [3.8, 4) is 5.75 Å². The third-order valence-electron chi connectivity index (χ3n) is 2.85. The van der Waals surface area contributed by atoms with Crippen LogP contribution in [-0.2, 0) is 9.59 Å². The SMILES string of the molecule is CC(C)C(=O)Oc1cc(Br)cc(C=NC(C(=O)O)C(C)C)c1. The maximum absolute atomic E-state index is 11.6. The molecule has 0 bridgehead atoms. The van der Waals surface area contributed by atoms with E-state index >= 15 is 0 Å². The van der Waals surface area contributed by atoms with Crippen molar-refractivity contribution >= 4 is 34.1 Å². The van der Waals surface area contributed by atoms with Crippen molar-refractivity contribution in [3.05, 3.63) is 28.2 Å². The first-order valence-electron chi connectivity index (χ1n) is 6.99. The van der Waals surface area contributed by atoms with Crippen LogP contribution in [0.1, 0.15) is 33.3 Å². The van der Waals surface area contributed by atoms with Crippen LogP contribution in [0.4, 0.5) is 0 Å². The van der Waals surface area contributed by atoms with Crippen molar-refractivity contribution in [2.45, 2.75) is 33.7 Å². The Hall–Kier alpha value is -1.69. The molecule has 0 saturated carbocycles. The Morgan fingerprint density at radius 1 is 1.23 bits per heavy atom. The molecule has 0 aliphatic heterocycles. The maximum atomic E-state index is 11.6. The Balaban J connectivity index is 2.98. The van der Waals surface area contributed by atoms with Gasteiger partial charge in [-0.1, -0.05) is 43.6 Å². The summed E-state index contributed by atoms with van der Waals surface area (Å²) in [6.45, 7) is 7.10. The lowest BCUT2D eigenvalue weighted by atomic mass is 10.1. The lowest BCUT2D eigenvalue weighted by Crippen LogP contribution is -2.24. The predicted octanol–water partition coefficient (Wildman–Crippen LogP) is 3.54. The van der Waals surface area contributed by atoms with Gasteiger partial charge in [-0.05, 0) is 29.7 Å². The van der Waals surface area contributed by atoms with Crippen molar-refractivity contribution in [2.24, 2.45) is 16.8 Å². The van der Waals surface area contributed by atoms with Crippen LogP contribution in [0.15, 0.2) is 27.7 Å². The summed E-state index contributed by atoms with van der Waals surface area (Å²) in [7, 11) is 0. The van der Waals surface area contributed by atoms with Crippen LogP contribution in [0.5, 0.6) is 5.75 Å². The van der Waals surface area contributed by atoms with Crippen LogP contribution < -0.4 is 4.74 Å². The van der Waals surface area contributed by atoms with Gasteiger partial charge in [0.2, 0.25) is 0 Å². The van der Waals surface area contributed by atoms with Gasteiger partial charge in [-0.15, -0.1) is 0 Å². The van der Waals surface area contributed by atoms with E-state index in [0.29, 0.717) is 11.3 Å². The zero-order valence-electron chi connectivity index (χ0n) is 13.0. The van der Waals surface area contributed by atoms with E-state index in [2.05, 4.69) is 20.9 Å². The molecule has 6 heteroatoms. The molecule has 5 nitrogen and oxygen atoms in total. The van der Waals surface area contributed by atoms with Crippen molar-refractivity contribution in [1.82, 2.24) is 0 Å². The Morgan fingerprint density at radius 2 is 1.86 bits per heavy atom. The monoisotopic (exact) mass is 369 g/mol. The van der Waals surface area contributed by atoms with Gasteiger partial charge in [0, 0.05) is 10.7 Å². The number of carboxylic acids is 1. The molecule has 1 aromatic rings. The number of aliphatic imine (C=N–C) groups is 1. The molecule has 0 spiro atoms. The highest BCUT2D eigenvalue weighted by atomic mass is 79.9. The van der Waals surface area contributed by atoms with Crippen LogP contribution >= 0.6 is 15.9 Å². The second kappa shape index (κ2) is 8.08. The highest BCUT2D eigenvalue weighted by molar-refractivity contribution is 9.10. The molecule has 1 aromatic carbocycles. The molecule has 1 unspecified atom stereocenters. The molecule has 0 fully saturated rings. The fourth-order valence-electron chi connectivity index (χ4n) is 1.64. The molecule has 0 saturated heterocycles. The first-order valence-corrected chi connectivity index (χ1v) is 7.78. The number of carbonyl (C=O) groups is 2. The normalized spacial score (nSPS) is 12.9. The van der Waals surface area contributed by atoms with Gasteiger partial charge in [0.15, 0.2) is 0 Å². The van der Waals surface area contributed by atoms with Crippen LogP contribution in [0, 0.1) is 11.8 Å². The second-order valence-electron chi connectivity index (χ2n) is 5.60. The van der Waals surface area contributed by atoms with Gasteiger partial charge in [-0.2, -0.15) is 0 Å². The largest absolute Gasteiger partial charge is 0.480 e. The fraction of sp³-hybridized carbons (Fsp3) is 0.438. The molecule has 22 heavy (non-hydrogen) atoms. The third kappa shape index (κ3) is 5.60. The van der Waals surface area contributed by atoms with Crippen LogP contribution in [0.25, 0.3) is 0 Å². The number of carboxylic acid groups (broad SMARTS) is 1. The van der Waals surface area contributed by atoms with Gasteiger partial charge in [0.1, 0.15) is 11.8 Å². The van der Waals surface area contributed by atoms with Gasteiger partial charge >= 0.3 is 11.9 Å². The first-order chi connectivity index (χ1) is 10.2. The summed E-state index contributed by atoms with van der Waals surface area (Å²) in [5.41, 5.74) is 0.660. The van der Waals surface area contributed by atoms with E-state index in [1.54, 1.807) is 45.9 Å². The Morgan fingerprint density at radius 3 is 2.36 bits per heavy atom. The number of nitrogens with zero attached hydrogens (tertiary/aromatic N) is 1. The molecule has 0 heterocycles. The van der Waals surface area contributed by atoms with Gasteiger partial charge in [-0.25, -0.2) is 4.79 Å². The lowest BCUT2D eigenvalue weighted by molar-refractivity contribution is -0.139. The average molecular weight is 370 g/mol. The predicted molar refractivity (Wildman–Crippen MR) is 88.5 cm³/mol. The quantitative estimate of drug-likeness (QED) is 0.472. The molecule has 120 valence electrons. The number of carbonyl (C=O) groups excluding carboxylic acids is 1. The van der Waals surface area contributed by atoms with E-state index in [4.69, 9.17) is 9.84 Å². The van der Waals surface area contributed by atoms with Crippen molar-refractivity contribution < 1.29 is 19.4 Å². The molecule has 0 aliphatic carbocycles. The lowest BCUT2D eigenvalue weighted by Gasteiger charge is -2.11. The van der Waals surface area contributed by atoms with E-state index in [1.165, 1.54) is 6.21 Å². The molecular formula is C16H20BrNO4. The minimum Gasteiger partial charge on any atom is -0.480 e. The zero-order chi connectivity index (χ0) is 16.9. The number of hydrogen-bond acceptors (Lipinski definition) is 4.